The lowest BCUT2D eigenvalue weighted by Crippen LogP contribution is -2.52. The zero-order valence-electron chi connectivity index (χ0n) is 13.3. The maximum absolute atomic E-state index is 6.03. The van der Waals surface area contributed by atoms with Gasteiger partial charge in [-0.3, -0.25) is 4.90 Å². The number of ether oxygens (including phenoxy) is 1. The molecule has 0 aliphatic carbocycles. The van der Waals surface area contributed by atoms with Gasteiger partial charge in [0.25, 0.3) is 0 Å². The number of nitrogens with zero attached hydrogens (tertiary/aromatic N) is 3. The molecule has 3 rings (SSSR count). The molecule has 2 aliphatic heterocycles. The Morgan fingerprint density at radius 1 is 1.19 bits per heavy atom. The summed E-state index contributed by atoms with van der Waals surface area (Å²) in [6.45, 7) is 10.7. The molecule has 4 nitrogen and oxygen atoms in total. The Balaban J connectivity index is 1.53. The lowest BCUT2D eigenvalue weighted by molar-refractivity contribution is -0.0832. The molecule has 1 aromatic rings. The molecule has 2 fully saturated rings. The molecular formula is C17H27N3O. The van der Waals surface area contributed by atoms with E-state index in [1.807, 2.05) is 0 Å². The van der Waals surface area contributed by atoms with Crippen LogP contribution in [-0.4, -0.2) is 54.8 Å². The van der Waals surface area contributed by atoms with Crippen LogP contribution in [0.4, 0.5) is 5.82 Å². The highest BCUT2D eigenvalue weighted by atomic mass is 16.5. The maximum atomic E-state index is 6.03. The molecule has 1 unspecified atom stereocenters. The third-order valence-electron chi connectivity index (χ3n) is 4.68. The third kappa shape index (κ3) is 3.74. The minimum Gasteiger partial charge on any atom is -0.374 e. The molecule has 0 radical (unpaired) electrons. The summed E-state index contributed by atoms with van der Waals surface area (Å²) in [6, 6.07) is 6.27. The molecule has 1 atom stereocenters. The van der Waals surface area contributed by atoms with Crippen LogP contribution in [0, 0.1) is 6.92 Å². The number of hydrogen-bond donors (Lipinski definition) is 0. The molecule has 0 aromatic carbocycles. The lowest BCUT2D eigenvalue weighted by Gasteiger charge is -2.42. The average molecular weight is 289 g/mol. The number of aryl methyl sites for hydroxylation is 1. The van der Waals surface area contributed by atoms with Crippen LogP contribution in [0.1, 0.15) is 31.9 Å². The number of aromatic nitrogens is 1. The van der Waals surface area contributed by atoms with Crippen molar-refractivity contribution in [2.24, 2.45) is 0 Å². The monoisotopic (exact) mass is 289 g/mol. The Kier molecular flexibility index (Phi) is 4.45. The van der Waals surface area contributed by atoms with Gasteiger partial charge in [0.15, 0.2) is 0 Å². The second-order valence-electron chi connectivity index (χ2n) is 6.66. The van der Waals surface area contributed by atoms with Crippen molar-refractivity contribution in [2.75, 3.05) is 44.2 Å². The van der Waals surface area contributed by atoms with Gasteiger partial charge in [0.05, 0.1) is 5.60 Å². The van der Waals surface area contributed by atoms with Crippen LogP contribution >= 0.6 is 0 Å². The molecule has 1 aromatic heterocycles. The van der Waals surface area contributed by atoms with Gasteiger partial charge in [-0.15, -0.1) is 0 Å². The van der Waals surface area contributed by atoms with Crippen LogP contribution in [0.15, 0.2) is 18.2 Å². The number of pyridine rings is 1. The Morgan fingerprint density at radius 2 is 2.00 bits per heavy atom. The summed E-state index contributed by atoms with van der Waals surface area (Å²) in [7, 11) is 0. The van der Waals surface area contributed by atoms with Crippen molar-refractivity contribution in [1.29, 1.82) is 0 Å². The molecular weight excluding hydrogens is 262 g/mol. The first kappa shape index (κ1) is 14.8. The number of anilines is 1. The Bertz CT molecular complexity index is 463. The fourth-order valence-electron chi connectivity index (χ4n) is 3.43. The second-order valence-corrected chi connectivity index (χ2v) is 6.66. The van der Waals surface area contributed by atoms with Crippen molar-refractivity contribution in [3.63, 3.8) is 0 Å². The molecule has 3 heterocycles. The third-order valence-corrected chi connectivity index (χ3v) is 4.68. The summed E-state index contributed by atoms with van der Waals surface area (Å²) in [6.07, 6.45) is 3.73. The van der Waals surface area contributed by atoms with Gasteiger partial charge in [0.2, 0.25) is 0 Å². The zero-order chi connectivity index (χ0) is 14.7. The average Bonchev–Trinajstić information content (AvgIpc) is 2.48. The van der Waals surface area contributed by atoms with E-state index in [9.17, 15) is 0 Å². The summed E-state index contributed by atoms with van der Waals surface area (Å²) < 4.78 is 6.03. The van der Waals surface area contributed by atoms with Crippen molar-refractivity contribution in [3.05, 3.63) is 23.9 Å². The van der Waals surface area contributed by atoms with E-state index in [4.69, 9.17) is 4.74 Å². The number of hydrogen-bond acceptors (Lipinski definition) is 4. The zero-order valence-corrected chi connectivity index (χ0v) is 13.3. The Labute approximate surface area is 128 Å². The molecule has 0 N–H and O–H groups in total. The predicted octanol–water partition coefficient (Wildman–Crippen LogP) is 2.47. The molecule has 0 bridgehead atoms. The van der Waals surface area contributed by atoms with E-state index < -0.39 is 0 Å². The van der Waals surface area contributed by atoms with Gasteiger partial charge in [-0.25, -0.2) is 4.98 Å². The summed E-state index contributed by atoms with van der Waals surface area (Å²) in [5.41, 5.74) is 1.17. The molecule has 0 amide bonds. The van der Waals surface area contributed by atoms with Crippen molar-refractivity contribution in [3.8, 4) is 0 Å². The van der Waals surface area contributed by atoms with E-state index in [1.54, 1.807) is 0 Å². The summed E-state index contributed by atoms with van der Waals surface area (Å²) in [5, 5.41) is 0. The van der Waals surface area contributed by atoms with Crippen molar-refractivity contribution in [1.82, 2.24) is 9.88 Å². The highest BCUT2D eigenvalue weighted by molar-refractivity contribution is 5.39. The van der Waals surface area contributed by atoms with Crippen molar-refractivity contribution >= 4 is 5.82 Å². The van der Waals surface area contributed by atoms with Gasteiger partial charge in [-0.1, -0.05) is 6.07 Å². The summed E-state index contributed by atoms with van der Waals surface area (Å²) >= 11 is 0. The topological polar surface area (TPSA) is 28.6 Å². The van der Waals surface area contributed by atoms with Gasteiger partial charge >= 0.3 is 0 Å². The van der Waals surface area contributed by atoms with Crippen LogP contribution in [-0.2, 0) is 4.74 Å². The largest absolute Gasteiger partial charge is 0.374 e. The predicted molar refractivity (Wildman–Crippen MR) is 85.8 cm³/mol. The van der Waals surface area contributed by atoms with Gasteiger partial charge in [-0.05, 0) is 45.2 Å². The summed E-state index contributed by atoms with van der Waals surface area (Å²) in [5.74, 6) is 1.12. The van der Waals surface area contributed by atoms with Crippen LogP contribution < -0.4 is 4.90 Å². The fourth-order valence-corrected chi connectivity index (χ4v) is 3.43. The number of piperazine rings is 1. The minimum atomic E-state index is 0.0714. The standard InChI is InChI=1S/C17H27N3O/c1-15-6-5-7-16(18-15)20-11-9-19(10-12-20)14-17(2)8-3-4-13-21-17/h5-7H,3-4,8-14H2,1-2H3. The Hall–Kier alpha value is -1.13. The molecule has 116 valence electrons. The van der Waals surface area contributed by atoms with E-state index in [0.29, 0.717) is 0 Å². The van der Waals surface area contributed by atoms with E-state index in [-0.39, 0.29) is 5.60 Å². The molecule has 21 heavy (non-hydrogen) atoms. The SMILES string of the molecule is Cc1cccc(N2CCN(CC3(C)CCCCO3)CC2)n1. The van der Waals surface area contributed by atoms with Crippen LogP contribution in [0.3, 0.4) is 0 Å². The first-order chi connectivity index (χ1) is 10.1. The highest BCUT2D eigenvalue weighted by Crippen LogP contribution is 2.26. The van der Waals surface area contributed by atoms with Gasteiger partial charge < -0.3 is 9.64 Å². The molecule has 4 heteroatoms. The first-order valence-electron chi connectivity index (χ1n) is 8.20. The van der Waals surface area contributed by atoms with Crippen LogP contribution in [0.2, 0.25) is 0 Å². The normalized spacial score (nSPS) is 27.8. The molecule has 2 aliphatic rings. The van der Waals surface area contributed by atoms with Gasteiger partial charge in [-0.2, -0.15) is 0 Å². The van der Waals surface area contributed by atoms with Gasteiger partial charge in [0.1, 0.15) is 5.82 Å². The van der Waals surface area contributed by atoms with Crippen LogP contribution in [0.25, 0.3) is 0 Å². The molecule has 2 saturated heterocycles. The van der Waals surface area contributed by atoms with Crippen molar-refractivity contribution < 1.29 is 4.74 Å². The highest BCUT2D eigenvalue weighted by Gasteiger charge is 2.31. The second kappa shape index (κ2) is 6.32. The van der Waals surface area contributed by atoms with Gasteiger partial charge in [0, 0.05) is 45.0 Å². The Morgan fingerprint density at radius 3 is 2.67 bits per heavy atom. The quantitative estimate of drug-likeness (QED) is 0.855. The van der Waals surface area contributed by atoms with E-state index >= 15 is 0 Å². The van der Waals surface area contributed by atoms with Crippen LogP contribution in [0.5, 0.6) is 0 Å². The van der Waals surface area contributed by atoms with E-state index in [0.717, 1.165) is 50.8 Å². The smallest absolute Gasteiger partial charge is 0.128 e. The van der Waals surface area contributed by atoms with E-state index in [2.05, 4.69) is 46.8 Å². The molecule has 0 saturated carbocycles. The summed E-state index contributed by atoms with van der Waals surface area (Å²) in [4.78, 5) is 9.58. The van der Waals surface area contributed by atoms with E-state index in [1.165, 1.54) is 19.3 Å². The minimum absolute atomic E-state index is 0.0714. The van der Waals surface area contributed by atoms with Crippen molar-refractivity contribution in [2.45, 2.75) is 38.7 Å². The number of rotatable bonds is 3. The fraction of sp³-hybridized carbons (Fsp3) is 0.706. The lowest BCUT2D eigenvalue weighted by atomic mass is 9.95. The maximum Gasteiger partial charge on any atom is 0.128 e. The molecule has 0 spiro atoms. The first-order valence-corrected chi connectivity index (χ1v) is 8.20.